The summed E-state index contributed by atoms with van der Waals surface area (Å²) in [5.74, 6) is 1.36. The lowest BCUT2D eigenvalue weighted by Gasteiger charge is -2.40. The van der Waals surface area contributed by atoms with Gasteiger partial charge in [0.2, 0.25) is 5.95 Å². The third kappa shape index (κ3) is 2.86. The smallest absolute Gasteiger partial charge is 0.227 e. The summed E-state index contributed by atoms with van der Waals surface area (Å²) in [6.07, 6.45) is 4.14. The molecular weight excluding hydrogens is 254 g/mol. The monoisotopic (exact) mass is 277 g/mol. The molecule has 2 fully saturated rings. The zero-order chi connectivity index (χ0) is 13.9. The number of hydrogen-bond donors (Lipinski definition) is 1. The third-order valence-corrected chi connectivity index (χ3v) is 4.31. The molecule has 0 radical (unpaired) electrons. The summed E-state index contributed by atoms with van der Waals surface area (Å²) in [4.78, 5) is 13.6. The minimum atomic E-state index is 0.588. The molecule has 2 aliphatic heterocycles. The number of morpholine rings is 1. The zero-order valence-electron chi connectivity index (χ0n) is 12.1. The molecule has 0 aliphatic carbocycles. The molecule has 2 saturated heterocycles. The van der Waals surface area contributed by atoms with Gasteiger partial charge in [-0.05, 0) is 19.8 Å². The molecule has 6 heteroatoms. The Balaban J connectivity index is 1.58. The molecule has 3 rings (SSSR count). The van der Waals surface area contributed by atoms with Crippen molar-refractivity contribution in [2.24, 2.45) is 0 Å². The molecule has 1 aromatic rings. The maximum absolute atomic E-state index is 5.87. The van der Waals surface area contributed by atoms with Crippen molar-refractivity contribution < 1.29 is 4.74 Å². The second-order valence-corrected chi connectivity index (χ2v) is 5.60. The molecule has 0 unspecified atom stereocenters. The molecule has 0 aromatic carbocycles. The fourth-order valence-electron chi connectivity index (χ4n) is 2.97. The number of nitrogens with two attached hydrogens (primary N) is 1. The van der Waals surface area contributed by atoms with E-state index in [1.807, 2.05) is 13.1 Å². The van der Waals surface area contributed by atoms with E-state index in [1.54, 1.807) is 0 Å². The maximum atomic E-state index is 5.87. The first-order chi connectivity index (χ1) is 9.74. The fourth-order valence-corrected chi connectivity index (χ4v) is 2.97. The van der Waals surface area contributed by atoms with Gasteiger partial charge in [-0.15, -0.1) is 0 Å². The molecule has 0 bridgehead atoms. The van der Waals surface area contributed by atoms with Crippen LogP contribution in [0.25, 0.3) is 0 Å². The first kappa shape index (κ1) is 13.6. The van der Waals surface area contributed by atoms with Crippen LogP contribution in [0, 0.1) is 6.92 Å². The predicted octanol–water partition coefficient (Wildman–Crippen LogP) is 0.668. The van der Waals surface area contributed by atoms with Gasteiger partial charge in [0, 0.05) is 44.0 Å². The van der Waals surface area contributed by atoms with Gasteiger partial charge >= 0.3 is 0 Å². The molecule has 6 nitrogen and oxygen atoms in total. The Morgan fingerprint density at radius 1 is 1.20 bits per heavy atom. The topological polar surface area (TPSA) is 67.5 Å². The largest absolute Gasteiger partial charge is 0.383 e. The summed E-state index contributed by atoms with van der Waals surface area (Å²) in [6.45, 7) is 7.83. The molecule has 2 aliphatic rings. The highest BCUT2D eigenvalue weighted by Crippen LogP contribution is 2.21. The van der Waals surface area contributed by atoms with Crippen LogP contribution in [0.2, 0.25) is 0 Å². The van der Waals surface area contributed by atoms with Crippen LogP contribution in [0.4, 0.5) is 11.8 Å². The highest BCUT2D eigenvalue weighted by Gasteiger charge is 2.26. The summed E-state index contributed by atoms with van der Waals surface area (Å²) >= 11 is 0. The Kier molecular flexibility index (Phi) is 4.03. The van der Waals surface area contributed by atoms with Crippen LogP contribution in [0.1, 0.15) is 18.4 Å². The van der Waals surface area contributed by atoms with Gasteiger partial charge in [-0.3, -0.25) is 4.90 Å². The van der Waals surface area contributed by atoms with E-state index >= 15 is 0 Å². The number of aromatic nitrogens is 2. The Labute approximate surface area is 119 Å². The highest BCUT2D eigenvalue weighted by molar-refractivity contribution is 5.43. The van der Waals surface area contributed by atoms with Crippen LogP contribution in [0.5, 0.6) is 0 Å². The number of nitrogens with zero attached hydrogens (tertiary/aromatic N) is 4. The molecule has 0 amide bonds. The van der Waals surface area contributed by atoms with Crippen LogP contribution in [0.3, 0.4) is 0 Å². The highest BCUT2D eigenvalue weighted by atomic mass is 16.5. The van der Waals surface area contributed by atoms with E-state index in [-0.39, 0.29) is 0 Å². The summed E-state index contributed by atoms with van der Waals surface area (Å²) in [5.41, 5.74) is 6.81. The van der Waals surface area contributed by atoms with Gasteiger partial charge in [-0.2, -0.15) is 4.98 Å². The summed E-state index contributed by atoms with van der Waals surface area (Å²) < 4.78 is 5.42. The van der Waals surface area contributed by atoms with Gasteiger partial charge in [0.05, 0.1) is 13.2 Å². The number of ether oxygens (including phenoxy) is 1. The van der Waals surface area contributed by atoms with Crippen LogP contribution in [-0.4, -0.2) is 60.3 Å². The molecule has 1 aromatic heterocycles. The van der Waals surface area contributed by atoms with E-state index in [2.05, 4.69) is 19.8 Å². The van der Waals surface area contributed by atoms with E-state index in [9.17, 15) is 0 Å². The first-order valence-electron chi connectivity index (χ1n) is 7.40. The van der Waals surface area contributed by atoms with Gasteiger partial charge in [0.25, 0.3) is 0 Å². The Hall–Kier alpha value is -1.40. The average molecular weight is 277 g/mol. The van der Waals surface area contributed by atoms with Gasteiger partial charge in [-0.25, -0.2) is 4.98 Å². The van der Waals surface area contributed by atoms with E-state index < -0.39 is 0 Å². The molecule has 110 valence electrons. The molecule has 0 atom stereocenters. The van der Waals surface area contributed by atoms with Gasteiger partial charge in [-0.1, -0.05) is 0 Å². The quantitative estimate of drug-likeness (QED) is 0.857. The normalized spacial score (nSPS) is 22.1. The predicted molar refractivity (Wildman–Crippen MR) is 78.8 cm³/mol. The Morgan fingerprint density at radius 2 is 1.90 bits per heavy atom. The second kappa shape index (κ2) is 5.93. The number of piperidine rings is 1. The zero-order valence-corrected chi connectivity index (χ0v) is 12.1. The number of nitrogen functional groups attached to an aromatic ring is 1. The molecule has 20 heavy (non-hydrogen) atoms. The summed E-state index contributed by atoms with van der Waals surface area (Å²) in [7, 11) is 0. The number of rotatable bonds is 2. The van der Waals surface area contributed by atoms with E-state index in [4.69, 9.17) is 10.5 Å². The molecule has 2 N–H and O–H groups in total. The van der Waals surface area contributed by atoms with Crippen molar-refractivity contribution >= 4 is 11.8 Å². The molecule has 0 spiro atoms. The van der Waals surface area contributed by atoms with Crippen molar-refractivity contribution in [3.8, 4) is 0 Å². The standard InChI is InChI=1S/C14H23N5O/c1-11-10-16-14(17-13(11)15)19-4-2-12(3-5-19)18-6-8-20-9-7-18/h10,12H,2-9H2,1H3,(H2,15,16,17). The lowest BCUT2D eigenvalue weighted by Crippen LogP contribution is -2.49. The van der Waals surface area contributed by atoms with Gasteiger partial charge in [0.1, 0.15) is 5.82 Å². The second-order valence-electron chi connectivity index (χ2n) is 5.60. The van der Waals surface area contributed by atoms with Gasteiger partial charge in [0.15, 0.2) is 0 Å². The van der Waals surface area contributed by atoms with E-state index in [0.717, 1.165) is 63.7 Å². The van der Waals surface area contributed by atoms with Crippen molar-refractivity contribution in [1.29, 1.82) is 0 Å². The number of aryl methyl sites for hydroxylation is 1. The molecular formula is C14H23N5O. The van der Waals surface area contributed by atoms with Gasteiger partial charge < -0.3 is 15.4 Å². The van der Waals surface area contributed by atoms with Crippen LogP contribution in [-0.2, 0) is 4.74 Å². The van der Waals surface area contributed by atoms with E-state index in [1.165, 1.54) is 0 Å². The van der Waals surface area contributed by atoms with Crippen molar-refractivity contribution in [1.82, 2.24) is 14.9 Å². The van der Waals surface area contributed by atoms with E-state index in [0.29, 0.717) is 11.9 Å². The van der Waals surface area contributed by atoms with Crippen molar-refractivity contribution in [2.45, 2.75) is 25.8 Å². The van der Waals surface area contributed by atoms with Crippen LogP contribution >= 0.6 is 0 Å². The van der Waals surface area contributed by atoms with Crippen molar-refractivity contribution in [2.75, 3.05) is 50.0 Å². The minimum absolute atomic E-state index is 0.588. The Morgan fingerprint density at radius 3 is 2.55 bits per heavy atom. The summed E-state index contributed by atoms with van der Waals surface area (Å²) in [5, 5.41) is 0. The Bertz CT molecular complexity index is 453. The first-order valence-corrected chi connectivity index (χ1v) is 7.40. The van der Waals surface area contributed by atoms with Crippen molar-refractivity contribution in [3.63, 3.8) is 0 Å². The number of hydrogen-bond acceptors (Lipinski definition) is 6. The summed E-state index contributed by atoms with van der Waals surface area (Å²) in [6, 6.07) is 0.679. The average Bonchev–Trinajstić information content (AvgIpc) is 2.51. The lowest BCUT2D eigenvalue weighted by atomic mass is 10.0. The minimum Gasteiger partial charge on any atom is -0.383 e. The molecule has 3 heterocycles. The van der Waals surface area contributed by atoms with Crippen LogP contribution in [0.15, 0.2) is 6.20 Å². The number of anilines is 2. The lowest BCUT2D eigenvalue weighted by molar-refractivity contribution is 0.0114. The maximum Gasteiger partial charge on any atom is 0.227 e. The third-order valence-electron chi connectivity index (χ3n) is 4.31. The van der Waals surface area contributed by atoms with Crippen LogP contribution < -0.4 is 10.6 Å². The SMILES string of the molecule is Cc1cnc(N2CCC(N3CCOCC3)CC2)nc1N. The fraction of sp³-hybridized carbons (Fsp3) is 0.714. The van der Waals surface area contributed by atoms with Crippen molar-refractivity contribution in [3.05, 3.63) is 11.8 Å². The molecule has 0 saturated carbocycles.